The van der Waals surface area contributed by atoms with Crippen molar-refractivity contribution in [1.29, 1.82) is 0 Å². The van der Waals surface area contributed by atoms with Crippen LogP contribution in [-0.2, 0) is 25.1 Å². The van der Waals surface area contributed by atoms with E-state index in [-0.39, 0.29) is 33.0 Å². The van der Waals surface area contributed by atoms with E-state index in [0.717, 1.165) is 29.2 Å². The predicted molar refractivity (Wildman–Crippen MR) is 157 cm³/mol. The second-order valence-corrected chi connectivity index (χ2v) is 9.90. The number of nitrogens with zero attached hydrogens (tertiary/aromatic N) is 2. The highest BCUT2D eigenvalue weighted by Crippen LogP contribution is 2.39. The average Bonchev–Trinajstić information content (AvgIpc) is 3.00. The van der Waals surface area contributed by atoms with E-state index in [2.05, 4.69) is 23.8 Å². The van der Waals surface area contributed by atoms with E-state index in [9.17, 15) is 13.2 Å². The SMILES string of the molecule is CCC(C)c1ccncc1-c1ccc(-c2cnc(OCCOCCOCCOCCOCCO)c(C(F)(F)F)c2)cc1C. The average molecular weight is 607 g/mol. The topological polar surface area (TPSA) is 92.2 Å². The first kappa shape index (κ1) is 34.4. The van der Waals surface area contributed by atoms with Crippen LogP contribution in [0.15, 0.2) is 48.9 Å². The van der Waals surface area contributed by atoms with Crippen LogP contribution in [0, 0.1) is 6.92 Å². The van der Waals surface area contributed by atoms with Gasteiger partial charge >= 0.3 is 6.18 Å². The first-order valence-electron chi connectivity index (χ1n) is 14.4. The molecule has 2 heterocycles. The summed E-state index contributed by atoms with van der Waals surface area (Å²) in [6, 6.07) is 8.70. The summed E-state index contributed by atoms with van der Waals surface area (Å²) in [5, 5.41) is 8.61. The van der Waals surface area contributed by atoms with Gasteiger partial charge in [0.05, 0.1) is 59.5 Å². The summed E-state index contributed by atoms with van der Waals surface area (Å²) in [4.78, 5) is 8.31. The van der Waals surface area contributed by atoms with Gasteiger partial charge in [0.15, 0.2) is 0 Å². The molecule has 3 rings (SSSR count). The molecule has 8 nitrogen and oxygen atoms in total. The minimum Gasteiger partial charge on any atom is -0.475 e. The summed E-state index contributed by atoms with van der Waals surface area (Å²) < 4.78 is 68.3. The normalized spacial score (nSPS) is 12.4. The van der Waals surface area contributed by atoms with E-state index in [1.165, 1.54) is 11.8 Å². The molecule has 1 unspecified atom stereocenters. The van der Waals surface area contributed by atoms with Crippen molar-refractivity contribution in [2.24, 2.45) is 0 Å². The highest BCUT2D eigenvalue weighted by molar-refractivity contribution is 5.75. The molecule has 0 aliphatic carbocycles. The van der Waals surface area contributed by atoms with E-state index in [4.69, 9.17) is 28.8 Å². The fourth-order valence-corrected chi connectivity index (χ4v) is 4.38. The number of aromatic nitrogens is 2. The Morgan fingerprint density at radius 2 is 1.42 bits per heavy atom. The van der Waals surface area contributed by atoms with Gasteiger partial charge in [-0.15, -0.1) is 0 Å². The lowest BCUT2D eigenvalue weighted by Gasteiger charge is -2.17. The van der Waals surface area contributed by atoms with Crippen LogP contribution < -0.4 is 4.74 Å². The van der Waals surface area contributed by atoms with Gasteiger partial charge in [0, 0.05) is 29.7 Å². The third kappa shape index (κ3) is 10.8. The molecule has 11 heteroatoms. The second kappa shape index (κ2) is 17.9. The lowest BCUT2D eigenvalue weighted by molar-refractivity contribution is -0.139. The van der Waals surface area contributed by atoms with E-state index in [1.54, 1.807) is 6.20 Å². The molecule has 3 aromatic rings. The predicted octanol–water partition coefficient (Wildman–Crippen LogP) is 6.09. The highest BCUT2D eigenvalue weighted by Gasteiger charge is 2.36. The summed E-state index contributed by atoms with van der Waals surface area (Å²) in [5.41, 5.74) is 4.18. The standard InChI is InChI=1S/C32H41F3N2O6/c1-4-23(2)28-7-8-36-22-29(28)27-6-5-25(19-24(27)3)26-20-30(32(33,34)35)31(37-21-26)43-18-17-42-16-15-41-14-13-40-12-11-39-10-9-38/h5-8,19-23,38H,4,9-18H2,1-3H3. The van der Waals surface area contributed by atoms with Gasteiger partial charge in [-0.05, 0) is 53.6 Å². The number of benzene rings is 1. The van der Waals surface area contributed by atoms with E-state index >= 15 is 0 Å². The molecule has 0 spiro atoms. The van der Waals surface area contributed by atoms with Crippen LogP contribution in [0.1, 0.15) is 42.9 Å². The summed E-state index contributed by atoms with van der Waals surface area (Å²) in [6.45, 7) is 8.61. The Bertz CT molecular complexity index is 1260. The smallest absolute Gasteiger partial charge is 0.421 e. The summed E-state index contributed by atoms with van der Waals surface area (Å²) in [7, 11) is 0. The molecular weight excluding hydrogens is 565 g/mol. The van der Waals surface area contributed by atoms with Gasteiger partial charge in [-0.3, -0.25) is 4.98 Å². The van der Waals surface area contributed by atoms with Crippen molar-refractivity contribution in [2.75, 3.05) is 66.1 Å². The molecule has 2 aromatic heterocycles. The van der Waals surface area contributed by atoms with Crippen molar-refractivity contribution in [2.45, 2.75) is 39.3 Å². The first-order valence-corrected chi connectivity index (χ1v) is 14.4. The molecule has 0 aliphatic heterocycles. The molecule has 0 bridgehead atoms. The van der Waals surface area contributed by atoms with Crippen molar-refractivity contribution in [1.82, 2.24) is 9.97 Å². The van der Waals surface area contributed by atoms with Gasteiger partial charge < -0.3 is 28.8 Å². The Labute approximate surface area is 251 Å². The number of hydrogen-bond donors (Lipinski definition) is 1. The Morgan fingerprint density at radius 1 is 0.791 bits per heavy atom. The summed E-state index contributed by atoms with van der Waals surface area (Å²) >= 11 is 0. The van der Waals surface area contributed by atoms with Crippen LogP contribution in [0.4, 0.5) is 13.2 Å². The van der Waals surface area contributed by atoms with Gasteiger partial charge in [0.25, 0.3) is 0 Å². The number of aryl methyl sites for hydroxylation is 1. The third-order valence-corrected chi connectivity index (χ3v) is 6.82. The molecule has 0 saturated carbocycles. The van der Waals surface area contributed by atoms with Gasteiger partial charge in [-0.2, -0.15) is 13.2 Å². The fourth-order valence-electron chi connectivity index (χ4n) is 4.38. The molecule has 0 amide bonds. The minimum atomic E-state index is -4.64. The quantitative estimate of drug-likeness (QED) is 0.164. The Kier molecular flexibility index (Phi) is 14.3. The molecule has 0 aliphatic rings. The van der Waals surface area contributed by atoms with Gasteiger partial charge in [-0.25, -0.2) is 4.98 Å². The first-order chi connectivity index (χ1) is 20.8. The van der Waals surface area contributed by atoms with Crippen molar-refractivity contribution in [3.63, 3.8) is 0 Å². The molecule has 0 saturated heterocycles. The van der Waals surface area contributed by atoms with Crippen molar-refractivity contribution < 1.29 is 42.0 Å². The maximum Gasteiger partial charge on any atom is 0.421 e. The van der Waals surface area contributed by atoms with Crippen LogP contribution in [0.25, 0.3) is 22.3 Å². The summed E-state index contributed by atoms with van der Waals surface area (Å²) in [5.74, 6) is -0.139. The number of aliphatic hydroxyl groups excluding tert-OH is 1. The minimum absolute atomic E-state index is 0.0249. The Morgan fingerprint density at radius 3 is 2.00 bits per heavy atom. The zero-order valence-corrected chi connectivity index (χ0v) is 25.0. The monoisotopic (exact) mass is 606 g/mol. The van der Waals surface area contributed by atoms with Crippen molar-refractivity contribution in [3.05, 3.63) is 65.6 Å². The van der Waals surface area contributed by atoms with Crippen LogP contribution in [-0.4, -0.2) is 81.1 Å². The second-order valence-electron chi connectivity index (χ2n) is 9.90. The third-order valence-electron chi connectivity index (χ3n) is 6.82. The van der Waals surface area contributed by atoms with Crippen LogP contribution in [0.5, 0.6) is 5.88 Å². The number of hydrogen-bond acceptors (Lipinski definition) is 8. The molecule has 0 fully saturated rings. The maximum absolute atomic E-state index is 13.9. The number of alkyl halides is 3. The van der Waals surface area contributed by atoms with E-state index < -0.39 is 17.6 Å². The van der Waals surface area contributed by atoms with Crippen molar-refractivity contribution in [3.8, 4) is 28.1 Å². The molecule has 1 aromatic carbocycles. The lowest BCUT2D eigenvalue weighted by atomic mass is 9.89. The van der Waals surface area contributed by atoms with Crippen molar-refractivity contribution >= 4 is 0 Å². The molecule has 1 atom stereocenters. The summed E-state index contributed by atoms with van der Waals surface area (Å²) in [6.07, 6.45) is 1.35. The van der Waals surface area contributed by atoms with Gasteiger partial charge in [0.1, 0.15) is 12.2 Å². The van der Waals surface area contributed by atoms with E-state index in [0.29, 0.717) is 50.1 Å². The van der Waals surface area contributed by atoms with Crippen LogP contribution >= 0.6 is 0 Å². The van der Waals surface area contributed by atoms with Gasteiger partial charge in [0.2, 0.25) is 5.88 Å². The number of pyridine rings is 2. The molecule has 236 valence electrons. The lowest BCUT2D eigenvalue weighted by Crippen LogP contribution is -2.16. The number of ether oxygens (including phenoxy) is 5. The Balaban J connectivity index is 1.53. The molecular formula is C32H41F3N2O6. The van der Waals surface area contributed by atoms with Crippen LogP contribution in [0.2, 0.25) is 0 Å². The molecule has 0 radical (unpaired) electrons. The van der Waals surface area contributed by atoms with Crippen LogP contribution in [0.3, 0.4) is 0 Å². The largest absolute Gasteiger partial charge is 0.475 e. The highest BCUT2D eigenvalue weighted by atomic mass is 19.4. The fraction of sp³-hybridized carbons (Fsp3) is 0.500. The number of aliphatic hydroxyl groups is 1. The van der Waals surface area contributed by atoms with E-state index in [1.807, 2.05) is 37.4 Å². The molecule has 1 N–H and O–H groups in total. The zero-order chi connectivity index (χ0) is 31.1. The zero-order valence-electron chi connectivity index (χ0n) is 25.0. The maximum atomic E-state index is 13.9. The molecule has 43 heavy (non-hydrogen) atoms. The van der Waals surface area contributed by atoms with Gasteiger partial charge in [-0.1, -0.05) is 32.0 Å². The Hall–Kier alpha value is -3.09. The number of halogens is 3. The number of rotatable bonds is 19.